The van der Waals surface area contributed by atoms with Crippen LogP contribution in [0.15, 0.2) is 24.3 Å². The van der Waals surface area contributed by atoms with Crippen LogP contribution in [0.25, 0.3) is 0 Å². The molecule has 0 bridgehead atoms. The molecule has 0 saturated heterocycles. The summed E-state index contributed by atoms with van der Waals surface area (Å²) in [5.74, 6) is 0.965. The summed E-state index contributed by atoms with van der Waals surface area (Å²) >= 11 is 0. The Kier molecular flexibility index (Phi) is 6.27. The average molecular weight is 291 g/mol. The van der Waals surface area contributed by atoms with E-state index in [1.165, 1.54) is 5.56 Å². The van der Waals surface area contributed by atoms with Crippen molar-refractivity contribution in [3.05, 3.63) is 29.8 Å². The Balaban J connectivity index is 2.76. The summed E-state index contributed by atoms with van der Waals surface area (Å²) in [4.78, 5) is 0. The van der Waals surface area contributed by atoms with Gasteiger partial charge in [-0.25, -0.2) is 0 Å². The van der Waals surface area contributed by atoms with E-state index in [1.54, 1.807) is 0 Å². The number of hydrogen-bond acceptors (Lipinski definition) is 2. The molecule has 1 aromatic rings. The van der Waals surface area contributed by atoms with E-state index in [4.69, 9.17) is 4.74 Å². The number of rotatable bonds is 7. The molecule has 1 aromatic carbocycles. The van der Waals surface area contributed by atoms with Gasteiger partial charge in [0.15, 0.2) is 0 Å². The highest BCUT2D eigenvalue weighted by atomic mass is 16.5. The third-order valence-electron chi connectivity index (χ3n) is 3.41. The Morgan fingerprint density at radius 2 is 1.81 bits per heavy atom. The maximum absolute atomic E-state index is 6.25. The number of benzene rings is 1. The van der Waals surface area contributed by atoms with Crippen LogP contribution in [0.2, 0.25) is 0 Å². The van der Waals surface area contributed by atoms with Crippen LogP contribution < -0.4 is 10.1 Å². The Hall–Kier alpha value is -1.02. The molecule has 21 heavy (non-hydrogen) atoms. The van der Waals surface area contributed by atoms with Crippen molar-refractivity contribution >= 4 is 0 Å². The molecule has 0 aromatic heterocycles. The third-order valence-corrected chi connectivity index (χ3v) is 3.41. The minimum Gasteiger partial charge on any atom is -0.488 e. The predicted octanol–water partition coefficient (Wildman–Crippen LogP) is 5.34. The Labute approximate surface area is 131 Å². The molecule has 0 saturated carbocycles. The standard InChI is InChI=1S/C19H33NO/c1-8-12-20-15(2)16-10-9-11-17(13-16)21-19(6,7)14-18(3,4)5/h9-11,13,15,20H,8,12,14H2,1-7H3. The second-order valence-corrected chi connectivity index (χ2v) is 7.85. The summed E-state index contributed by atoms with van der Waals surface area (Å²) in [6.07, 6.45) is 2.17. The number of hydrogen-bond donors (Lipinski definition) is 1. The van der Waals surface area contributed by atoms with Gasteiger partial charge in [-0.3, -0.25) is 0 Å². The highest BCUT2D eigenvalue weighted by Gasteiger charge is 2.27. The van der Waals surface area contributed by atoms with E-state index in [2.05, 4.69) is 78.0 Å². The summed E-state index contributed by atoms with van der Waals surface area (Å²) in [5.41, 5.74) is 1.39. The fraction of sp³-hybridized carbons (Fsp3) is 0.684. The van der Waals surface area contributed by atoms with Crippen LogP contribution in [0.3, 0.4) is 0 Å². The first-order valence-corrected chi connectivity index (χ1v) is 8.15. The van der Waals surface area contributed by atoms with Crippen molar-refractivity contribution in [3.63, 3.8) is 0 Å². The fourth-order valence-electron chi connectivity index (χ4n) is 2.96. The Morgan fingerprint density at radius 3 is 2.38 bits per heavy atom. The lowest BCUT2D eigenvalue weighted by atomic mass is 9.83. The lowest BCUT2D eigenvalue weighted by Gasteiger charge is -2.33. The van der Waals surface area contributed by atoms with Gasteiger partial charge in [-0.1, -0.05) is 39.8 Å². The SMILES string of the molecule is CCCNC(C)c1cccc(OC(C)(C)CC(C)(C)C)c1. The van der Waals surface area contributed by atoms with Crippen LogP contribution in [-0.2, 0) is 0 Å². The monoisotopic (exact) mass is 291 g/mol. The minimum atomic E-state index is -0.156. The molecule has 1 unspecified atom stereocenters. The molecule has 1 rings (SSSR count). The van der Waals surface area contributed by atoms with E-state index in [0.29, 0.717) is 6.04 Å². The zero-order chi connectivity index (χ0) is 16.1. The van der Waals surface area contributed by atoms with Crippen molar-refractivity contribution in [2.24, 2.45) is 5.41 Å². The zero-order valence-electron chi connectivity index (χ0n) is 14.9. The first-order valence-electron chi connectivity index (χ1n) is 8.15. The van der Waals surface area contributed by atoms with Crippen LogP contribution in [-0.4, -0.2) is 12.1 Å². The first kappa shape index (κ1) is 18.0. The second-order valence-electron chi connectivity index (χ2n) is 7.85. The highest BCUT2D eigenvalue weighted by Crippen LogP contribution is 2.31. The van der Waals surface area contributed by atoms with Crippen LogP contribution in [0.5, 0.6) is 5.75 Å². The molecule has 120 valence electrons. The summed E-state index contributed by atoms with van der Waals surface area (Å²) < 4.78 is 6.25. The molecular formula is C19H33NO. The van der Waals surface area contributed by atoms with Gasteiger partial charge in [-0.15, -0.1) is 0 Å². The molecule has 0 fully saturated rings. The van der Waals surface area contributed by atoms with E-state index in [0.717, 1.165) is 25.1 Å². The summed E-state index contributed by atoms with van der Waals surface area (Å²) in [6.45, 7) is 16.5. The van der Waals surface area contributed by atoms with Gasteiger partial charge < -0.3 is 10.1 Å². The van der Waals surface area contributed by atoms with Gasteiger partial charge in [0.05, 0.1) is 0 Å². The molecule has 0 heterocycles. The van der Waals surface area contributed by atoms with Crippen LogP contribution in [0, 0.1) is 5.41 Å². The van der Waals surface area contributed by atoms with E-state index in [1.807, 2.05) is 0 Å². The van der Waals surface area contributed by atoms with Gasteiger partial charge in [0.25, 0.3) is 0 Å². The van der Waals surface area contributed by atoms with Crippen molar-refractivity contribution < 1.29 is 4.74 Å². The largest absolute Gasteiger partial charge is 0.488 e. The molecule has 2 nitrogen and oxygen atoms in total. The van der Waals surface area contributed by atoms with Crippen molar-refractivity contribution in [1.29, 1.82) is 0 Å². The molecule has 1 N–H and O–H groups in total. The number of nitrogens with one attached hydrogen (secondary N) is 1. The molecule has 0 amide bonds. The maximum atomic E-state index is 6.25. The summed E-state index contributed by atoms with van der Waals surface area (Å²) in [5, 5.41) is 3.52. The molecule has 0 spiro atoms. The molecule has 0 aliphatic carbocycles. The second kappa shape index (κ2) is 7.31. The van der Waals surface area contributed by atoms with Gasteiger partial charge in [-0.2, -0.15) is 0 Å². The lowest BCUT2D eigenvalue weighted by molar-refractivity contribution is 0.0621. The Morgan fingerprint density at radius 1 is 1.14 bits per heavy atom. The van der Waals surface area contributed by atoms with Crippen molar-refractivity contribution in [1.82, 2.24) is 5.32 Å². The van der Waals surface area contributed by atoms with Crippen LogP contribution >= 0.6 is 0 Å². The fourth-order valence-corrected chi connectivity index (χ4v) is 2.96. The van der Waals surface area contributed by atoms with E-state index in [-0.39, 0.29) is 11.0 Å². The Bertz CT molecular complexity index is 431. The third kappa shape index (κ3) is 6.99. The van der Waals surface area contributed by atoms with Crippen LogP contribution in [0.4, 0.5) is 0 Å². The van der Waals surface area contributed by atoms with Gasteiger partial charge in [0, 0.05) is 6.04 Å². The normalized spacial score (nSPS) is 14.0. The maximum Gasteiger partial charge on any atom is 0.120 e. The van der Waals surface area contributed by atoms with Crippen molar-refractivity contribution in [2.45, 2.75) is 73.0 Å². The summed E-state index contributed by atoms with van der Waals surface area (Å²) in [7, 11) is 0. The molecule has 0 radical (unpaired) electrons. The van der Waals surface area contributed by atoms with E-state index in [9.17, 15) is 0 Å². The van der Waals surface area contributed by atoms with Gasteiger partial charge in [0.2, 0.25) is 0 Å². The van der Waals surface area contributed by atoms with E-state index < -0.39 is 0 Å². The topological polar surface area (TPSA) is 21.3 Å². The van der Waals surface area contributed by atoms with Crippen LogP contribution in [0.1, 0.15) is 72.9 Å². The van der Waals surface area contributed by atoms with Gasteiger partial charge in [0.1, 0.15) is 11.4 Å². The molecule has 0 aliphatic rings. The minimum absolute atomic E-state index is 0.156. The molecule has 1 atom stereocenters. The van der Waals surface area contributed by atoms with Crippen molar-refractivity contribution in [2.75, 3.05) is 6.54 Å². The van der Waals surface area contributed by atoms with Crippen molar-refractivity contribution in [3.8, 4) is 5.75 Å². The molecule has 0 aliphatic heterocycles. The quantitative estimate of drug-likeness (QED) is 0.732. The molecule has 2 heteroatoms. The highest BCUT2D eigenvalue weighted by molar-refractivity contribution is 5.30. The predicted molar refractivity (Wildman–Crippen MR) is 91.9 cm³/mol. The molecular weight excluding hydrogens is 258 g/mol. The summed E-state index contributed by atoms with van der Waals surface area (Å²) in [6, 6.07) is 8.83. The number of ether oxygens (including phenoxy) is 1. The smallest absolute Gasteiger partial charge is 0.120 e. The van der Waals surface area contributed by atoms with Gasteiger partial charge >= 0.3 is 0 Å². The average Bonchev–Trinajstić information content (AvgIpc) is 2.32. The van der Waals surface area contributed by atoms with E-state index >= 15 is 0 Å². The van der Waals surface area contributed by atoms with Gasteiger partial charge in [-0.05, 0) is 63.3 Å². The zero-order valence-corrected chi connectivity index (χ0v) is 14.9. The lowest BCUT2D eigenvalue weighted by Crippen LogP contribution is -2.33. The first-order chi connectivity index (χ1) is 9.63.